The van der Waals surface area contributed by atoms with Gasteiger partial charge < -0.3 is 10.2 Å². The highest BCUT2D eigenvalue weighted by molar-refractivity contribution is 4.62. The lowest BCUT2D eigenvalue weighted by molar-refractivity contribution is 0.365. The second-order valence-corrected chi connectivity index (χ2v) is 5.21. The van der Waals surface area contributed by atoms with Gasteiger partial charge in [0.15, 0.2) is 0 Å². The quantitative estimate of drug-likeness (QED) is 0.546. The van der Waals surface area contributed by atoms with E-state index >= 15 is 0 Å². The van der Waals surface area contributed by atoms with E-state index in [4.69, 9.17) is 0 Å². The molecule has 98 valence electrons. The molecule has 1 N–H and O–H groups in total. The molecule has 0 amide bonds. The second-order valence-electron chi connectivity index (χ2n) is 5.21. The Balaban J connectivity index is 3.12. The molecule has 16 heavy (non-hydrogen) atoms. The fraction of sp³-hybridized carbons (Fsp3) is 1.00. The third kappa shape index (κ3) is 12.0. The first kappa shape index (κ1) is 15.9. The van der Waals surface area contributed by atoms with Crippen molar-refractivity contribution in [2.24, 2.45) is 0 Å². The van der Waals surface area contributed by atoms with Gasteiger partial charge in [-0.15, -0.1) is 0 Å². The average Bonchev–Trinajstić information content (AvgIpc) is 2.25. The molecule has 0 bridgehead atoms. The highest BCUT2D eigenvalue weighted by Gasteiger charge is 2.00. The smallest absolute Gasteiger partial charge is 0.00508 e. The second kappa shape index (κ2) is 11.4. The van der Waals surface area contributed by atoms with E-state index in [-0.39, 0.29) is 0 Å². The Hall–Kier alpha value is -0.0800. The summed E-state index contributed by atoms with van der Waals surface area (Å²) in [5, 5.41) is 3.60. The molecule has 1 atom stereocenters. The zero-order valence-electron chi connectivity index (χ0n) is 11.9. The van der Waals surface area contributed by atoms with Crippen LogP contribution in [0, 0.1) is 0 Å². The van der Waals surface area contributed by atoms with Crippen molar-refractivity contribution >= 4 is 0 Å². The molecule has 0 spiro atoms. The number of unbranched alkanes of at least 4 members (excludes halogenated alkanes) is 5. The van der Waals surface area contributed by atoms with E-state index in [1.807, 2.05) is 0 Å². The maximum absolute atomic E-state index is 3.60. The van der Waals surface area contributed by atoms with Gasteiger partial charge in [0.25, 0.3) is 0 Å². The molecule has 0 saturated heterocycles. The Morgan fingerprint density at radius 3 is 2.25 bits per heavy atom. The summed E-state index contributed by atoms with van der Waals surface area (Å²) in [5.74, 6) is 0. The van der Waals surface area contributed by atoms with E-state index in [2.05, 4.69) is 38.2 Å². The van der Waals surface area contributed by atoms with Gasteiger partial charge in [0.05, 0.1) is 0 Å². The van der Waals surface area contributed by atoms with Crippen LogP contribution in [0.25, 0.3) is 0 Å². The van der Waals surface area contributed by atoms with Gasteiger partial charge >= 0.3 is 0 Å². The lowest BCUT2D eigenvalue weighted by Gasteiger charge is -2.16. The van der Waals surface area contributed by atoms with E-state index in [0.29, 0.717) is 6.04 Å². The fourth-order valence-electron chi connectivity index (χ4n) is 1.81. The number of hydrogen-bond acceptors (Lipinski definition) is 2. The standard InChI is InChI=1S/C14H32N2/c1-5-6-7-8-9-10-12-15-14(2)11-13-16(3)4/h14-15H,5-13H2,1-4H3. The van der Waals surface area contributed by atoms with Crippen molar-refractivity contribution in [1.82, 2.24) is 10.2 Å². The number of nitrogens with one attached hydrogen (secondary N) is 1. The van der Waals surface area contributed by atoms with Crippen LogP contribution in [0.15, 0.2) is 0 Å². The third-order valence-corrected chi connectivity index (χ3v) is 3.03. The van der Waals surface area contributed by atoms with Gasteiger partial charge in [0.2, 0.25) is 0 Å². The molecule has 0 aliphatic heterocycles. The maximum Gasteiger partial charge on any atom is 0.00508 e. The predicted molar refractivity (Wildman–Crippen MR) is 74.0 cm³/mol. The van der Waals surface area contributed by atoms with Gasteiger partial charge in [0, 0.05) is 6.04 Å². The number of nitrogens with zero attached hydrogens (tertiary/aromatic N) is 1. The van der Waals surface area contributed by atoms with Crippen molar-refractivity contribution in [2.75, 3.05) is 27.2 Å². The summed E-state index contributed by atoms with van der Waals surface area (Å²) in [6.45, 7) is 6.94. The molecule has 2 nitrogen and oxygen atoms in total. The summed E-state index contributed by atoms with van der Waals surface area (Å²) in [6.07, 6.45) is 9.59. The van der Waals surface area contributed by atoms with Gasteiger partial charge in [-0.1, -0.05) is 39.0 Å². The van der Waals surface area contributed by atoms with Crippen LogP contribution in [0.2, 0.25) is 0 Å². The van der Waals surface area contributed by atoms with Crippen molar-refractivity contribution < 1.29 is 0 Å². The fourth-order valence-corrected chi connectivity index (χ4v) is 1.81. The summed E-state index contributed by atoms with van der Waals surface area (Å²) in [5.41, 5.74) is 0. The van der Waals surface area contributed by atoms with Crippen molar-refractivity contribution in [3.63, 3.8) is 0 Å². The van der Waals surface area contributed by atoms with Crippen LogP contribution in [0.5, 0.6) is 0 Å². The highest BCUT2D eigenvalue weighted by atomic mass is 15.1. The first-order chi connectivity index (χ1) is 7.66. The SMILES string of the molecule is CCCCCCCCNC(C)CCN(C)C. The van der Waals surface area contributed by atoms with Crippen LogP contribution in [0.3, 0.4) is 0 Å². The molecule has 0 radical (unpaired) electrons. The van der Waals surface area contributed by atoms with E-state index in [9.17, 15) is 0 Å². The molecule has 0 saturated carbocycles. The van der Waals surface area contributed by atoms with Crippen molar-refractivity contribution in [1.29, 1.82) is 0 Å². The minimum atomic E-state index is 0.665. The largest absolute Gasteiger partial charge is 0.314 e. The monoisotopic (exact) mass is 228 g/mol. The van der Waals surface area contributed by atoms with Gasteiger partial charge in [0.1, 0.15) is 0 Å². The zero-order chi connectivity index (χ0) is 12.2. The predicted octanol–water partition coefficient (Wildman–Crippen LogP) is 3.28. The summed E-state index contributed by atoms with van der Waals surface area (Å²) in [4.78, 5) is 2.25. The Morgan fingerprint density at radius 2 is 1.62 bits per heavy atom. The van der Waals surface area contributed by atoms with Crippen LogP contribution in [-0.4, -0.2) is 38.1 Å². The van der Waals surface area contributed by atoms with Gasteiger partial charge in [-0.3, -0.25) is 0 Å². The molecule has 0 aromatic heterocycles. The Labute approximate surface area is 103 Å². The first-order valence-corrected chi connectivity index (χ1v) is 7.05. The summed E-state index contributed by atoms with van der Waals surface area (Å²) < 4.78 is 0. The summed E-state index contributed by atoms with van der Waals surface area (Å²) in [7, 11) is 4.28. The van der Waals surface area contributed by atoms with Crippen molar-refractivity contribution in [3.05, 3.63) is 0 Å². The van der Waals surface area contributed by atoms with E-state index in [1.165, 1.54) is 58.0 Å². The molecule has 0 aliphatic rings. The molecule has 0 fully saturated rings. The van der Waals surface area contributed by atoms with Crippen LogP contribution in [-0.2, 0) is 0 Å². The lowest BCUT2D eigenvalue weighted by Crippen LogP contribution is -2.30. The molecular formula is C14H32N2. The number of rotatable bonds is 11. The van der Waals surface area contributed by atoms with Gasteiger partial charge in [-0.2, -0.15) is 0 Å². The van der Waals surface area contributed by atoms with Gasteiger partial charge in [-0.25, -0.2) is 0 Å². The van der Waals surface area contributed by atoms with Crippen LogP contribution in [0.4, 0.5) is 0 Å². The highest BCUT2D eigenvalue weighted by Crippen LogP contribution is 2.04. The normalized spacial score (nSPS) is 13.3. The Morgan fingerprint density at radius 1 is 1.00 bits per heavy atom. The molecule has 1 unspecified atom stereocenters. The number of hydrogen-bond donors (Lipinski definition) is 1. The minimum Gasteiger partial charge on any atom is -0.314 e. The van der Waals surface area contributed by atoms with Crippen LogP contribution in [0.1, 0.15) is 58.8 Å². The Bertz CT molecular complexity index is 135. The first-order valence-electron chi connectivity index (χ1n) is 7.05. The van der Waals surface area contributed by atoms with E-state index in [0.717, 1.165) is 0 Å². The average molecular weight is 228 g/mol. The van der Waals surface area contributed by atoms with Crippen molar-refractivity contribution in [2.45, 2.75) is 64.8 Å². The molecule has 0 heterocycles. The zero-order valence-corrected chi connectivity index (χ0v) is 11.9. The van der Waals surface area contributed by atoms with Crippen molar-refractivity contribution in [3.8, 4) is 0 Å². The molecule has 0 rings (SSSR count). The topological polar surface area (TPSA) is 15.3 Å². The molecular weight excluding hydrogens is 196 g/mol. The molecule has 0 aliphatic carbocycles. The summed E-state index contributed by atoms with van der Waals surface area (Å²) in [6, 6.07) is 0.665. The maximum atomic E-state index is 3.60. The van der Waals surface area contributed by atoms with Crippen LogP contribution >= 0.6 is 0 Å². The third-order valence-electron chi connectivity index (χ3n) is 3.03. The Kier molecular flexibility index (Phi) is 11.3. The molecule has 0 aromatic carbocycles. The summed E-state index contributed by atoms with van der Waals surface area (Å²) >= 11 is 0. The van der Waals surface area contributed by atoms with E-state index < -0.39 is 0 Å². The molecule has 0 aromatic rings. The minimum absolute atomic E-state index is 0.665. The van der Waals surface area contributed by atoms with Crippen LogP contribution < -0.4 is 5.32 Å². The van der Waals surface area contributed by atoms with E-state index in [1.54, 1.807) is 0 Å². The van der Waals surface area contributed by atoms with Gasteiger partial charge in [-0.05, 0) is 47.0 Å². The molecule has 2 heteroatoms. The lowest BCUT2D eigenvalue weighted by atomic mass is 10.1.